The quantitative estimate of drug-likeness (QED) is 0.800. The minimum atomic E-state index is 0.158. The SMILES string of the molecule is CC(C)C(=O)CCCc1cn2ccsc2n1. The van der Waals surface area contributed by atoms with Crippen LogP contribution in [0.3, 0.4) is 0 Å². The van der Waals surface area contributed by atoms with Gasteiger partial charge in [0.15, 0.2) is 4.96 Å². The van der Waals surface area contributed by atoms with Crippen molar-refractivity contribution in [3.63, 3.8) is 0 Å². The number of fused-ring (bicyclic) bond motifs is 1. The molecule has 0 aliphatic rings. The lowest BCUT2D eigenvalue weighted by atomic mass is 10.0. The molecule has 2 rings (SSSR count). The van der Waals surface area contributed by atoms with Crippen molar-refractivity contribution < 1.29 is 4.79 Å². The number of ketones is 1. The second kappa shape index (κ2) is 4.78. The Morgan fingerprint density at radius 1 is 1.56 bits per heavy atom. The highest BCUT2D eigenvalue weighted by Crippen LogP contribution is 2.13. The fourth-order valence-electron chi connectivity index (χ4n) is 1.63. The maximum Gasteiger partial charge on any atom is 0.193 e. The Morgan fingerprint density at radius 2 is 2.38 bits per heavy atom. The molecule has 86 valence electrons. The predicted molar refractivity (Wildman–Crippen MR) is 65.9 cm³/mol. The molecule has 0 fully saturated rings. The number of aromatic nitrogens is 2. The van der Waals surface area contributed by atoms with Crippen molar-refractivity contribution in [2.24, 2.45) is 5.92 Å². The van der Waals surface area contributed by atoms with Gasteiger partial charge in [-0.15, -0.1) is 11.3 Å². The summed E-state index contributed by atoms with van der Waals surface area (Å²) in [7, 11) is 0. The first kappa shape index (κ1) is 11.3. The second-order valence-corrected chi connectivity index (χ2v) is 5.17. The average molecular weight is 236 g/mol. The molecule has 3 nitrogen and oxygen atoms in total. The number of hydrogen-bond donors (Lipinski definition) is 0. The van der Waals surface area contributed by atoms with Crippen molar-refractivity contribution >= 4 is 22.1 Å². The molecule has 0 unspecified atom stereocenters. The summed E-state index contributed by atoms with van der Waals surface area (Å²) < 4.78 is 2.03. The third-order valence-corrected chi connectivity index (χ3v) is 3.41. The van der Waals surface area contributed by atoms with E-state index in [2.05, 4.69) is 4.98 Å². The Kier molecular flexibility index (Phi) is 3.39. The normalized spacial score (nSPS) is 11.4. The smallest absolute Gasteiger partial charge is 0.193 e. The monoisotopic (exact) mass is 236 g/mol. The van der Waals surface area contributed by atoms with Crippen molar-refractivity contribution in [1.82, 2.24) is 9.38 Å². The van der Waals surface area contributed by atoms with Crippen LogP contribution in [0.25, 0.3) is 4.96 Å². The van der Waals surface area contributed by atoms with Crippen LogP contribution in [-0.2, 0) is 11.2 Å². The third kappa shape index (κ3) is 2.50. The van der Waals surface area contributed by atoms with E-state index < -0.39 is 0 Å². The summed E-state index contributed by atoms with van der Waals surface area (Å²) in [5.41, 5.74) is 1.09. The summed E-state index contributed by atoms with van der Waals surface area (Å²) in [5, 5.41) is 2.02. The summed E-state index contributed by atoms with van der Waals surface area (Å²) in [6, 6.07) is 0. The van der Waals surface area contributed by atoms with E-state index in [9.17, 15) is 4.79 Å². The number of aryl methyl sites for hydroxylation is 1. The van der Waals surface area contributed by atoms with E-state index in [1.807, 2.05) is 36.0 Å². The van der Waals surface area contributed by atoms with Gasteiger partial charge in [-0.05, 0) is 12.8 Å². The lowest BCUT2D eigenvalue weighted by Crippen LogP contribution is -2.06. The number of Topliss-reactive ketones (excluding diaryl/α,β-unsaturated/α-hetero) is 1. The van der Waals surface area contributed by atoms with Crippen LogP contribution in [0.15, 0.2) is 17.8 Å². The number of thiazole rings is 1. The van der Waals surface area contributed by atoms with Crippen LogP contribution in [-0.4, -0.2) is 15.2 Å². The van der Waals surface area contributed by atoms with Crippen LogP contribution < -0.4 is 0 Å². The van der Waals surface area contributed by atoms with E-state index in [1.165, 1.54) is 0 Å². The van der Waals surface area contributed by atoms with Gasteiger partial charge in [-0.2, -0.15) is 0 Å². The molecule has 0 amide bonds. The summed E-state index contributed by atoms with van der Waals surface area (Å²) in [6.45, 7) is 3.91. The third-order valence-electron chi connectivity index (χ3n) is 2.64. The number of carbonyl (C=O) groups excluding carboxylic acids is 1. The Balaban J connectivity index is 1.86. The van der Waals surface area contributed by atoms with Crippen LogP contribution in [0, 0.1) is 5.92 Å². The first-order chi connectivity index (χ1) is 7.66. The van der Waals surface area contributed by atoms with Gasteiger partial charge in [0.1, 0.15) is 5.78 Å². The maximum absolute atomic E-state index is 11.4. The van der Waals surface area contributed by atoms with E-state index >= 15 is 0 Å². The molecule has 0 aromatic carbocycles. The lowest BCUT2D eigenvalue weighted by Gasteiger charge is -2.02. The molecule has 16 heavy (non-hydrogen) atoms. The Labute approximate surface area is 99.1 Å². The van der Waals surface area contributed by atoms with Gasteiger partial charge in [0.25, 0.3) is 0 Å². The zero-order valence-corrected chi connectivity index (χ0v) is 10.5. The molecular weight excluding hydrogens is 220 g/mol. The topological polar surface area (TPSA) is 34.4 Å². The van der Waals surface area contributed by atoms with Gasteiger partial charge in [-0.25, -0.2) is 4.98 Å². The molecule has 0 aliphatic carbocycles. The lowest BCUT2D eigenvalue weighted by molar-refractivity contribution is -0.121. The highest BCUT2D eigenvalue weighted by Gasteiger charge is 2.08. The van der Waals surface area contributed by atoms with Gasteiger partial charge in [0.2, 0.25) is 0 Å². The van der Waals surface area contributed by atoms with E-state index in [4.69, 9.17) is 0 Å². The molecule has 2 aromatic rings. The first-order valence-electron chi connectivity index (χ1n) is 5.60. The van der Waals surface area contributed by atoms with Gasteiger partial charge in [0, 0.05) is 30.1 Å². The summed E-state index contributed by atoms with van der Waals surface area (Å²) in [5.74, 6) is 0.506. The molecule has 0 atom stereocenters. The standard InChI is InChI=1S/C12H16N2OS/c1-9(2)11(15)5-3-4-10-8-14-6-7-16-12(14)13-10/h6-9H,3-5H2,1-2H3. The Hall–Kier alpha value is -1.16. The minimum absolute atomic E-state index is 0.158. The zero-order valence-electron chi connectivity index (χ0n) is 9.64. The van der Waals surface area contributed by atoms with Crippen molar-refractivity contribution in [2.45, 2.75) is 33.1 Å². The Bertz CT molecular complexity index is 455. The molecule has 0 aliphatic heterocycles. The van der Waals surface area contributed by atoms with Crippen LogP contribution in [0.4, 0.5) is 0 Å². The zero-order chi connectivity index (χ0) is 11.5. The number of rotatable bonds is 5. The molecule has 0 radical (unpaired) electrons. The van der Waals surface area contributed by atoms with Crippen LogP contribution in [0.1, 0.15) is 32.4 Å². The van der Waals surface area contributed by atoms with Crippen LogP contribution in [0.5, 0.6) is 0 Å². The molecule has 0 saturated carbocycles. The maximum atomic E-state index is 11.4. The molecule has 0 bridgehead atoms. The molecule has 4 heteroatoms. The molecule has 2 aromatic heterocycles. The number of nitrogens with zero attached hydrogens (tertiary/aromatic N) is 2. The van der Waals surface area contributed by atoms with Gasteiger partial charge in [-0.3, -0.25) is 9.20 Å². The molecular formula is C12H16N2OS. The summed E-state index contributed by atoms with van der Waals surface area (Å²) in [4.78, 5) is 16.9. The van der Waals surface area contributed by atoms with Crippen LogP contribution >= 0.6 is 11.3 Å². The molecule has 0 spiro atoms. The van der Waals surface area contributed by atoms with E-state index in [1.54, 1.807) is 11.3 Å². The van der Waals surface area contributed by atoms with Crippen molar-refractivity contribution in [1.29, 1.82) is 0 Å². The van der Waals surface area contributed by atoms with Gasteiger partial charge < -0.3 is 0 Å². The van der Waals surface area contributed by atoms with Gasteiger partial charge in [-0.1, -0.05) is 13.8 Å². The van der Waals surface area contributed by atoms with E-state index in [0.717, 1.165) is 23.5 Å². The summed E-state index contributed by atoms with van der Waals surface area (Å²) in [6.07, 6.45) is 6.53. The first-order valence-corrected chi connectivity index (χ1v) is 6.48. The number of imidazole rings is 1. The van der Waals surface area contributed by atoms with Crippen molar-refractivity contribution in [3.8, 4) is 0 Å². The fourth-order valence-corrected chi connectivity index (χ4v) is 2.35. The van der Waals surface area contributed by atoms with Crippen LogP contribution in [0.2, 0.25) is 0 Å². The van der Waals surface area contributed by atoms with Crippen molar-refractivity contribution in [2.75, 3.05) is 0 Å². The van der Waals surface area contributed by atoms with E-state index in [0.29, 0.717) is 12.2 Å². The second-order valence-electron chi connectivity index (χ2n) is 4.30. The van der Waals surface area contributed by atoms with Gasteiger partial charge >= 0.3 is 0 Å². The van der Waals surface area contributed by atoms with E-state index in [-0.39, 0.29) is 5.92 Å². The average Bonchev–Trinajstić information content (AvgIpc) is 2.77. The largest absolute Gasteiger partial charge is 0.299 e. The molecule has 0 saturated heterocycles. The highest BCUT2D eigenvalue weighted by atomic mass is 32.1. The summed E-state index contributed by atoms with van der Waals surface area (Å²) >= 11 is 1.64. The van der Waals surface area contributed by atoms with Gasteiger partial charge in [0.05, 0.1) is 5.69 Å². The predicted octanol–water partition coefficient (Wildman–Crippen LogP) is 2.94. The minimum Gasteiger partial charge on any atom is -0.299 e. The highest BCUT2D eigenvalue weighted by molar-refractivity contribution is 7.15. The number of hydrogen-bond acceptors (Lipinski definition) is 3. The number of carbonyl (C=O) groups is 1. The molecule has 0 N–H and O–H groups in total. The molecule has 2 heterocycles. The fraction of sp³-hybridized carbons (Fsp3) is 0.500. The van der Waals surface area contributed by atoms with Crippen molar-refractivity contribution in [3.05, 3.63) is 23.5 Å². The Morgan fingerprint density at radius 3 is 3.06 bits per heavy atom.